The number of hydrogen-bond donors (Lipinski definition) is 4. The first-order valence-electron chi connectivity index (χ1n) is 6.61. The van der Waals surface area contributed by atoms with Gasteiger partial charge in [0.1, 0.15) is 9.88 Å². The molecule has 0 aliphatic carbocycles. The van der Waals surface area contributed by atoms with Crippen LogP contribution in [0.1, 0.15) is 47.2 Å². The van der Waals surface area contributed by atoms with E-state index in [2.05, 4.69) is 16.0 Å². The third kappa shape index (κ3) is 3.63. The number of nitrogen functional groups attached to an aromatic ring is 1. The Morgan fingerprint density at radius 1 is 1.30 bits per heavy atom. The first-order chi connectivity index (χ1) is 9.42. The molecular formula is C13H22N4O2S. The lowest BCUT2D eigenvalue weighted by Crippen LogP contribution is -2.24. The largest absolute Gasteiger partial charge is 0.397 e. The monoisotopic (exact) mass is 298 g/mol. The van der Waals surface area contributed by atoms with Crippen molar-refractivity contribution in [2.24, 2.45) is 0 Å². The van der Waals surface area contributed by atoms with Gasteiger partial charge in [0, 0.05) is 19.6 Å². The number of nitrogens with two attached hydrogens (primary N) is 1. The van der Waals surface area contributed by atoms with E-state index >= 15 is 0 Å². The van der Waals surface area contributed by atoms with Gasteiger partial charge in [0.25, 0.3) is 11.8 Å². The van der Waals surface area contributed by atoms with Gasteiger partial charge in [-0.3, -0.25) is 9.59 Å². The fraction of sp³-hybridized carbons (Fsp3) is 0.538. The highest BCUT2D eigenvalue weighted by atomic mass is 32.1. The van der Waals surface area contributed by atoms with Gasteiger partial charge in [0.15, 0.2) is 0 Å². The van der Waals surface area contributed by atoms with Crippen molar-refractivity contribution >= 4 is 33.8 Å². The molecule has 6 nitrogen and oxygen atoms in total. The number of nitrogens with one attached hydrogen (secondary N) is 3. The Kier molecular flexibility index (Phi) is 5.82. The number of carbonyl (C=O) groups is 2. The Balaban J connectivity index is 3.17. The van der Waals surface area contributed by atoms with E-state index in [4.69, 9.17) is 5.73 Å². The van der Waals surface area contributed by atoms with Crippen molar-refractivity contribution in [2.45, 2.75) is 33.2 Å². The lowest BCUT2D eigenvalue weighted by Gasteiger charge is -2.09. The predicted molar refractivity (Wildman–Crippen MR) is 83.5 cm³/mol. The van der Waals surface area contributed by atoms with Crippen LogP contribution in [0.4, 0.5) is 10.7 Å². The van der Waals surface area contributed by atoms with E-state index in [1.807, 2.05) is 20.8 Å². The molecule has 0 aliphatic rings. The molecule has 0 unspecified atom stereocenters. The van der Waals surface area contributed by atoms with Crippen LogP contribution in [0, 0.1) is 0 Å². The number of amides is 2. The van der Waals surface area contributed by atoms with Crippen molar-refractivity contribution in [2.75, 3.05) is 24.6 Å². The van der Waals surface area contributed by atoms with Gasteiger partial charge in [-0.1, -0.05) is 6.92 Å². The van der Waals surface area contributed by atoms with Gasteiger partial charge in [-0.2, -0.15) is 0 Å². The average molecular weight is 298 g/mol. The lowest BCUT2D eigenvalue weighted by atomic mass is 10.2. The minimum absolute atomic E-state index is 0.142. The molecule has 0 aromatic carbocycles. The zero-order valence-corrected chi connectivity index (χ0v) is 13.1. The Hall–Kier alpha value is -1.76. The van der Waals surface area contributed by atoms with E-state index in [0.717, 1.165) is 6.42 Å². The second-order valence-electron chi connectivity index (χ2n) is 4.68. The molecule has 1 aromatic rings. The topological polar surface area (TPSA) is 96.2 Å². The van der Waals surface area contributed by atoms with Gasteiger partial charge >= 0.3 is 0 Å². The van der Waals surface area contributed by atoms with Gasteiger partial charge in [-0.05, 0) is 20.3 Å². The summed E-state index contributed by atoms with van der Waals surface area (Å²) in [4.78, 5) is 24.4. The molecule has 0 bridgehead atoms. The number of hydrogen-bond acceptors (Lipinski definition) is 5. The van der Waals surface area contributed by atoms with E-state index in [-0.39, 0.29) is 23.5 Å². The fourth-order valence-corrected chi connectivity index (χ4v) is 2.83. The van der Waals surface area contributed by atoms with E-state index in [9.17, 15) is 9.59 Å². The molecule has 0 spiro atoms. The number of rotatable bonds is 6. The Labute approximate surface area is 123 Å². The molecule has 0 atom stereocenters. The van der Waals surface area contributed by atoms with Crippen molar-refractivity contribution in [3.8, 4) is 0 Å². The quantitative estimate of drug-likeness (QED) is 0.642. The highest BCUT2D eigenvalue weighted by Gasteiger charge is 2.25. The summed E-state index contributed by atoms with van der Waals surface area (Å²) in [5, 5.41) is 9.10. The van der Waals surface area contributed by atoms with Crippen molar-refractivity contribution in [1.29, 1.82) is 0 Å². The van der Waals surface area contributed by atoms with Crippen LogP contribution in [-0.2, 0) is 0 Å². The van der Waals surface area contributed by atoms with Crippen molar-refractivity contribution in [3.63, 3.8) is 0 Å². The van der Waals surface area contributed by atoms with Crippen LogP contribution in [-0.4, -0.2) is 31.4 Å². The summed E-state index contributed by atoms with van der Waals surface area (Å²) in [6, 6.07) is 0.142. The first kappa shape index (κ1) is 16.3. The molecule has 5 N–H and O–H groups in total. The third-order valence-corrected chi connectivity index (χ3v) is 3.70. The molecule has 0 aliphatic heterocycles. The number of carbonyl (C=O) groups excluding carboxylic acids is 2. The van der Waals surface area contributed by atoms with E-state index < -0.39 is 0 Å². The highest BCUT2D eigenvalue weighted by molar-refractivity contribution is 7.19. The normalized spacial score (nSPS) is 10.4. The summed E-state index contributed by atoms with van der Waals surface area (Å²) in [5.41, 5.74) is 6.55. The third-order valence-electron chi connectivity index (χ3n) is 2.56. The molecule has 0 saturated heterocycles. The number of anilines is 2. The first-order valence-corrected chi connectivity index (χ1v) is 7.43. The molecular weight excluding hydrogens is 276 g/mol. The number of thiophene rings is 1. The second-order valence-corrected chi connectivity index (χ2v) is 5.70. The van der Waals surface area contributed by atoms with Gasteiger partial charge in [-0.25, -0.2) is 0 Å². The van der Waals surface area contributed by atoms with E-state index in [0.29, 0.717) is 22.0 Å². The maximum Gasteiger partial charge on any atom is 0.263 e. The molecule has 1 aromatic heterocycles. The molecule has 7 heteroatoms. The van der Waals surface area contributed by atoms with Crippen molar-refractivity contribution in [3.05, 3.63) is 10.4 Å². The minimum Gasteiger partial charge on any atom is -0.397 e. The SMILES string of the molecule is CCCNC(=O)c1sc(NC(C)C)c(C(=O)NC)c1N. The average Bonchev–Trinajstić information content (AvgIpc) is 2.71. The Morgan fingerprint density at radius 2 is 1.95 bits per heavy atom. The molecule has 1 rings (SSSR count). The summed E-state index contributed by atoms with van der Waals surface area (Å²) in [6.07, 6.45) is 0.844. The molecule has 1 heterocycles. The van der Waals surface area contributed by atoms with E-state index in [1.165, 1.54) is 18.4 Å². The lowest BCUT2D eigenvalue weighted by molar-refractivity contribution is 0.0957. The molecule has 0 fully saturated rings. The maximum absolute atomic E-state index is 12.0. The van der Waals surface area contributed by atoms with Crippen LogP contribution in [0.25, 0.3) is 0 Å². The fourth-order valence-electron chi connectivity index (χ4n) is 1.65. The Bertz CT molecular complexity index is 497. The van der Waals surface area contributed by atoms with Crippen LogP contribution >= 0.6 is 11.3 Å². The zero-order valence-electron chi connectivity index (χ0n) is 12.3. The highest BCUT2D eigenvalue weighted by Crippen LogP contribution is 2.36. The van der Waals surface area contributed by atoms with Crippen LogP contribution in [0.2, 0.25) is 0 Å². The molecule has 20 heavy (non-hydrogen) atoms. The van der Waals surface area contributed by atoms with Crippen molar-refractivity contribution < 1.29 is 9.59 Å². The van der Waals surface area contributed by atoms with Gasteiger partial charge < -0.3 is 21.7 Å². The minimum atomic E-state index is -0.295. The molecule has 112 valence electrons. The second kappa shape index (κ2) is 7.14. The van der Waals surface area contributed by atoms with Gasteiger partial charge in [0.05, 0.1) is 11.3 Å². The summed E-state index contributed by atoms with van der Waals surface area (Å²) >= 11 is 1.21. The smallest absolute Gasteiger partial charge is 0.263 e. The maximum atomic E-state index is 12.0. The standard InChI is InChI=1S/C13H22N4O2S/c1-5-6-16-12(19)10-9(14)8(11(18)15-4)13(20-10)17-7(2)3/h7,17H,5-6,14H2,1-4H3,(H,15,18)(H,16,19). The van der Waals surface area contributed by atoms with E-state index in [1.54, 1.807) is 0 Å². The summed E-state index contributed by atoms with van der Waals surface area (Å²) < 4.78 is 0. The van der Waals surface area contributed by atoms with Crippen LogP contribution in [0.3, 0.4) is 0 Å². The van der Waals surface area contributed by atoms with Crippen LogP contribution in [0.5, 0.6) is 0 Å². The van der Waals surface area contributed by atoms with Crippen LogP contribution < -0.4 is 21.7 Å². The summed E-state index contributed by atoms with van der Waals surface area (Å²) in [7, 11) is 1.54. The predicted octanol–water partition coefficient (Wildman–Crippen LogP) is 1.65. The molecule has 0 saturated carbocycles. The zero-order chi connectivity index (χ0) is 15.3. The van der Waals surface area contributed by atoms with Crippen LogP contribution in [0.15, 0.2) is 0 Å². The van der Waals surface area contributed by atoms with Gasteiger partial charge in [0.2, 0.25) is 0 Å². The van der Waals surface area contributed by atoms with Crippen molar-refractivity contribution in [1.82, 2.24) is 10.6 Å². The summed E-state index contributed by atoms with van der Waals surface area (Å²) in [5.74, 6) is -0.534. The molecule has 0 radical (unpaired) electrons. The van der Waals surface area contributed by atoms with Gasteiger partial charge in [-0.15, -0.1) is 11.3 Å². The Morgan fingerprint density at radius 3 is 2.45 bits per heavy atom. The molecule has 2 amide bonds. The summed E-state index contributed by atoms with van der Waals surface area (Å²) in [6.45, 7) is 6.47.